The van der Waals surface area contributed by atoms with E-state index >= 15 is 0 Å². The topological polar surface area (TPSA) is 55.1 Å². The standard InChI is InChI=1S/C9H7BrN2O2S/c10-8-1-6(4-14-8)2-12-9(13)7-3-11-5-15-7/h1,3-5H,2H2,(H,12,13). The molecule has 0 aliphatic rings. The molecule has 2 heterocycles. The molecule has 0 aliphatic carbocycles. The summed E-state index contributed by atoms with van der Waals surface area (Å²) in [5, 5.41) is 2.77. The van der Waals surface area contributed by atoms with Crippen molar-refractivity contribution in [2.75, 3.05) is 0 Å². The largest absolute Gasteiger partial charge is 0.457 e. The number of nitrogens with zero attached hydrogens (tertiary/aromatic N) is 1. The number of carbonyl (C=O) groups excluding carboxylic acids is 1. The highest BCUT2D eigenvalue weighted by Crippen LogP contribution is 2.14. The average molecular weight is 287 g/mol. The zero-order chi connectivity index (χ0) is 10.7. The third-order valence-corrected chi connectivity index (χ3v) is 2.92. The molecule has 0 unspecified atom stereocenters. The van der Waals surface area contributed by atoms with Crippen LogP contribution in [0.15, 0.2) is 33.1 Å². The molecule has 2 rings (SSSR count). The summed E-state index contributed by atoms with van der Waals surface area (Å²) in [7, 11) is 0. The Bertz CT molecular complexity index is 452. The first kappa shape index (κ1) is 10.4. The molecule has 0 aliphatic heterocycles. The molecule has 1 N–H and O–H groups in total. The lowest BCUT2D eigenvalue weighted by Crippen LogP contribution is -2.21. The molecule has 78 valence electrons. The van der Waals surface area contributed by atoms with Gasteiger partial charge in [0.25, 0.3) is 5.91 Å². The Labute approximate surface area is 98.5 Å². The van der Waals surface area contributed by atoms with Crippen molar-refractivity contribution in [3.63, 3.8) is 0 Å². The summed E-state index contributed by atoms with van der Waals surface area (Å²) < 4.78 is 5.70. The first-order chi connectivity index (χ1) is 7.25. The van der Waals surface area contributed by atoms with Gasteiger partial charge in [0.15, 0.2) is 4.67 Å². The van der Waals surface area contributed by atoms with Crippen molar-refractivity contribution in [1.82, 2.24) is 10.3 Å². The first-order valence-corrected chi connectivity index (χ1v) is 5.82. The first-order valence-electron chi connectivity index (χ1n) is 4.15. The zero-order valence-electron chi connectivity index (χ0n) is 7.57. The van der Waals surface area contributed by atoms with E-state index in [0.717, 1.165) is 5.56 Å². The lowest BCUT2D eigenvalue weighted by Gasteiger charge is -1.99. The molecular formula is C9H7BrN2O2S. The van der Waals surface area contributed by atoms with Gasteiger partial charge >= 0.3 is 0 Å². The van der Waals surface area contributed by atoms with E-state index in [-0.39, 0.29) is 5.91 Å². The van der Waals surface area contributed by atoms with Crippen LogP contribution in [0.3, 0.4) is 0 Å². The third kappa shape index (κ3) is 2.66. The highest BCUT2D eigenvalue weighted by atomic mass is 79.9. The fraction of sp³-hybridized carbons (Fsp3) is 0.111. The van der Waals surface area contributed by atoms with Gasteiger partial charge in [-0.1, -0.05) is 0 Å². The number of hydrogen-bond donors (Lipinski definition) is 1. The van der Waals surface area contributed by atoms with Crippen LogP contribution in [0.1, 0.15) is 15.2 Å². The molecular weight excluding hydrogens is 280 g/mol. The summed E-state index contributed by atoms with van der Waals surface area (Å²) in [5.74, 6) is -0.116. The van der Waals surface area contributed by atoms with Crippen LogP contribution in [-0.2, 0) is 6.54 Å². The maximum atomic E-state index is 11.5. The monoisotopic (exact) mass is 286 g/mol. The van der Waals surface area contributed by atoms with Crippen molar-refractivity contribution in [3.05, 3.63) is 39.1 Å². The number of furan rings is 1. The van der Waals surface area contributed by atoms with Gasteiger partial charge in [0.1, 0.15) is 4.88 Å². The third-order valence-electron chi connectivity index (χ3n) is 1.73. The van der Waals surface area contributed by atoms with Crippen molar-refractivity contribution in [2.24, 2.45) is 0 Å². The van der Waals surface area contributed by atoms with Crippen molar-refractivity contribution in [2.45, 2.75) is 6.54 Å². The normalized spacial score (nSPS) is 10.2. The Morgan fingerprint density at radius 1 is 1.67 bits per heavy atom. The van der Waals surface area contributed by atoms with E-state index < -0.39 is 0 Å². The minimum absolute atomic E-state index is 0.116. The molecule has 0 fully saturated rings. The van der Waals surface area contributed by atoms with E-state index in [4.69, 9.17) is 4.42 Å². The second-order valence-corrected chi connectivity index (χ2v) is 4.48. The van der Waals surface area contributed by atoms with Gasteiger partial charge < -0.3 is 9.73 Å². The van der Waals surface area contributed by atoms with Crippen LogP contribution < -0.4 is 5.32 Å². The van der Waals surface area contributed by atoms with E-state index in [9.17, 15) is 4.79 Å². The number of aromatic nitrogens is 1. The minimum atomic E-state index is -0.116. The van der Waals surface area contributed by atoms with E-state index in [1.54, 1.807) is 18.0 Å². The van der Waals surface area contributed by atoms with Crippen LogP contribution in [0.25, 0.3) is 0 Å². The average Bonchev–Trinajstić information content (AvgIpc) is 2.84. The van der Waals surface area contributed by atoms with Gasteiger partial charge in [-0.05, 0) is 22.0 Å². The number of carbonyl (C=O) groups is 1. The predicted molar refractivity (Wildman–Crippen MR) is 59.7 cm³/mol. The summed E-state index contributed by atoms with van der Waals surface area (Å²) >= 11 is 4.51. The van der Waals surface area contributed by atoms with E-state index in [1.165, 1.54) is 11.3 Å². The highest BCUT2D eigenvalue weighted by Gasteiger charge is 2.07. The molecule has 0 saturated carbocycles. The van der Waals surface area contributed by atoms with Crippen LogP contribution in [0.5, 0.6) is 0 Å². The molecule has 0 radical (unpaired) electrons. The molecule has 4 nitrogen and oxygen atoms in total. The zero-order valence-corrected chi connectivity index (χ0v) is 9.97. The van der Waals surface area contributed by atoms with Crippen LogP contribution in [0.2, 0.25) is 0 Å². The van der Waals surface area contributed by atoms with Gasteiger partial charge in [-0.25, -0.2) is 0 Å². The van der Waals surface area contributed by atoms with Crippen LogP contribution in [0.4, 0.5) is 0 Å². The lowest BCUT2D eigenvalue weighted by molar-refractivity contribution is 0.0954. The van der Waals surface area contributed by atoms with Crippen molar-refractivity contribution in [3.8, 4) is 0 Å². The molecule has 6 heteroatoms. The van der Waals surface area contributed by atoms with Gasteiger partial charge in [0, 0.05) is 12.1 Å². The summed E-state index contributed by atoms with van der Waals surface area (Å²) in [6.45, 7) is 0.450. The van der Waals surface area contributed by atoms with Crippen LogP contribution >= 0.6 is 27.3 Å². The Morgan fingerprint density at radius 2 is 2.53 bits per heavy atom. The van der Waals surface area contributed by atoms with Gasteiger partial charge in [0.05, 0.1) is 18.0 Å². The molecule has 1 amide bonds. The molecule has 0 atom stereocenters. The molecule has 0 saturated heterocycles. The molecule has 2 aromatic heterocycles. The fourth-order valence-electron chi connectivity index (χ4n) is 1.04. The number of hydrogen-bond acceptors (Lipinski definition) is 4. The fourth-order valence-corrected chi connectivity index (χ4v) is 1.96. The summed E-state index contributed by atoms with van der Waals surface area (Å²) in [6, 6.07) is 1.81. The SMILES string of the molecule is O=C(NCc1coc(Br)c1)c1cncs1. The number of amides is 1. The number of thiazole rings is 1. The smallest absolute Gasteiger partial charge is 0.263 e. The predicted octanol–water partition coefficient (Wildman–Crippen LogP) is 2.43. The molecule has 2 aromatic rings. The van der Waals surface area contributed by atoms with E-state index in [2.05, 4.69) is 26.2 Å². The Kier molecular flexibility index (Phi) is 3.17. The highest BCUT2D eigenvalue weighted by molar-refractivity contribution is 9.10. The quantitative estimate of drug-likeness (QED) is 0.943. The summed E-state index contributed by atoms with van der Waals surface area (Å²) in [5.41, 5.74) is 2.54. The number of rotatable bonds is 3. The molecule has 0 aromatic carbocycles. The van der Waals surface area contributed by atoms with Crippen LogP contribution in [-0.4, -0.2) is 10.9 Å². The summed E-state index contributed by atoms with van der Waals surface area (Å²) in [4.78, 5) is 15.9. The van der Waals surface area contributed by atoms with E-state index in [1.807, 2.05) is 6.07 Å². The Balaban J connectivity index is 1.91. The second kappa shape index (κ2) is 4.59. The Hall–Kier alpha value is -1.14. The molecule has 0 spiro atoms. The van der Waals surface area contributed by atoms with Gasteiger partial charge in [-0.2, -0.15) is 0 Å². The molecule has 15 heavy (non-hydrogen) atoms. The number of halogens is 1. The van der Waals surface area contributed by atoms with E-state index in [0.29, 0.717) is 16.1 Å². The van der Waals surface area contributed by atoms with Crippen molar-refractivity contribution in [1.29, 1.82) is 0 Å². The lowest BCUT2D eigenvalue weighted by atomic mass is 10.3. The second-order valence-electron chi connectivity index (χ2n) is 2.81. The van der Waals surface area contributed by atoms with Crippen LogP contribution in [0, 0.1) is 0 Å². The Morgan fingerprint density at radius 3 is 3.13 bits per heavy atom. The number of nitrogens with one attached hydrogen (secondary N) is 1. The maximum absolute atomic E-state index is 11.5. The molecule has 0 bridgehead atoms. The minimum Gasteiger partial charge on any atom is -0.457 e. The van der Waals surface area contributed by atoms with Crippen molar-refractivity contribution < 1.29 is 9.21 Å². The van der Waals surface area contributed by atoms with Gasteiger partial charge in [0.2, 0.25) is 0 Å². The van der Waals surface area contributed by atoms with Crippen molar-refractivity contribution >= 4 is 33.2 Å². The summed E-state index contributed by atoms with van der Waals surface area (Å²) in [6.07, 6.45) is 3.14. The van der Waals surface area contributed by atoms with Gasteiger partial charge in [-0.15, -0.1) is 11.3 Å². The van der Waals surface area contributed by atoms with Gasteiger partial charge in [-0.3, -0.25) is 9.78 Å². The maximum Gasteiger partial charge on any atom is 0.263 e.